The summed E-state index contributed by atoms with van der Waals surface area (Å²) in [4.78, 5) is 15.8. The zero-order valence-corrected chi connectivity index (χ0v) is 13.2. The average molecular weight is 336 g/mol. The van der Waals surface area contributed by atoms with Crippen LogP contribution in [0.2, 0.25) is 0 Å². The largest absolute Gasteiger partial charge is 0.418 e. The summed E-state index contributed by atoms with van der Waals surface area (Å²) in [6, 6.07) is 0.177. The molecule has 2 bridgehead atoms. The van der Waals surface area contributed by atoms with Gasteiger partial charge in [0.25, 0.3) is 5.91 Å². The Morgan fingerprint density at radius 1 is 1.36 bits per heavy atom. The second-order valence-electron chi connectivity index (χ2n) is 6.85. The maximum Gasteiger partial charge on any atom is 0.418 e. The van der Waals surface area contributed by atoms with Crippen LogP contribution in [0.3, 0.4) is 0 Å². The van der Waals surface area contributed by atoms with Crippen molar-refractivity contribution in [1.82, 2.24) is 5.32 Å². The Bertz CT molecular complexity index is 535. The van der Waals surface area contributed by atoms with Gasteiger partial charge in [-0.25, -0.2) is 0 Å². The maximum atomic E-state index is 13.1. The molecular weight excluding hydrogens is 317 g/mol. The fraction of sp³-hybridized carbons (Fsp3) is 0.857. The molecule has 0 saturated heterocycles. The highest BCUT2D eigenvalue weighted by atomic mass is 32.2. The molecule has 2 unspecified atom stereocenters. The first-order valence-corrected chi connectivity index (χ1v) is 8.24. The van der Waals surface area contributed by atoms with Crippen LogP contribution in [0.4, 0.5) is 13.2 Å². The molecule has 0 aromatic heterocycles. The van der Waals surface area contributed by atoms with Crippen LogP contribution in [-0.2, 0) is 4.79 Å². The lowest BCUT2D eigenvalue weighted by Crippen LogP contribution is -2.60. The number of amides is 1. The third-order valence-corrected chi connectivity index (χ3v) is 6.82. The van der Waals surface area contributed by atoms with E-state index in [9.17, 15) is 23.1 Å². The van der Waals surface area contributed by atoms with E-state index < -0.39 is 22.4 Å². The van der Waals surface area contributed by atoms with Gasteiger partial charge in [-0.05, 0) is 44.9 Å². The lowest BCUT2D eigenvalue weighted by atomic mass is 9.88. The second kappa shape index (κ2) is 4.87. The number of hydrogen-bond donors (Lipinski definition) is 2. The molecule has 8 heteroatoms. The van der Waals surface area contributed by atoms with Crippen LogP contribution in [0, 0.1) is 11.8 Å². The first-order valence-electron chi connectivity index (χ1n) is 7.42. The number of alkyl halides is 3. The van der Waals surface area contributed by atoms with Gasteiger partial charge in [-0.3, -0.25) is 4.79 Å². The number of aliphatic imine (C=N–C) groups is 1. The minimum atomic E-state index is -4.90. The Balaban J connectivity index is 1.73. The molecule has 3 rings (SSSR count). The molecule has 0 aromatic carbocycles. The minimum absolute atomic E-state index is 0.177. The summed E-state index contributed by atoms with van der Waals surface area (Å²) in [6.07, 6.45) is -0.457. The monoisotopic (exact) mass is 336 g/mol. The zero-order chi connectivity index (χ0) is 16.3. The van der Waals surface area contributed by atoms with E-state index in [1.54, 1.807) is 0 Å². The van der Waals surface area contributed by atoms with Crippen LogP contribution in [0.25, 0.3) is 0 Å². The van der Waals surface area contributed by atoms with Crippen LogP contribution in [0.5, 0.6) is 0 Å². The summed E-state index contributed by atoms with van der Waals surface area (Å²) in [5, 5.41) is 13.2. The Morgan fingerprint density at radius 3 is 2.55 bits per heavy atom. The third kappa shape index (κ3) is 2.26. The number of carbonyl (C=O) groups excluding carboxylic acids is 1. The van der Waals surface area contributed by atoms with E-state index in [-0.39, 0.29) is 11.2 Å². The summed E-state index contributed by atoms with van der Waals surface area (Å²) in [6.45, 7) is 1.74. The number of thioether (sulfide) groups is 1. The lowest BCUT2D eigenvalue weighted by molar-refractivity contribution is -0.260. The molecule has 2 fully saturated rings. The fourth-order valence-corrected chi connectivity index (χ4v) is 4.85. The van der Waals surface area contributed by atoms with E-state index in [1.807, 2.05) is 0 Å². The number of nitrogens with zero attached hydrogens (tertiary/aromatic N) is 1. The molecule has 2 aliphatic carbocycles. The first-order chi connectivity index (χ1) is 10.0. The van der Waals surface area contributed by atoms with E-state index in [4.69, 9.17) is 0 Å². The summed E-state index contributed by atoms with van der Waals surface area (Å²) in [5.74, 6) is 0.249. The number of rotatable bonds is 2. The lowest BCUT2D eigenvalue weighted by Gasteiger charge is -2.38. The van der Waals surface area contributed by atoms with Crippen LogP contribution in [0.1, 0.15) is 39.5 Å². The molecule has 1 heterocycles. The van der Waals surface area contributed by atoms with Gasteiger partial charge in [0.15, 0.2) is 10.8 Å². The van der Waals surface area contributed by atoms with Gasteiger partial charge in [-0.15, -0.1) is 0 Å². The predicted octanol–water partition coefficient (Wildman–Crippen LogP) is 2.47. The number of amidine groups is 1. The van der Waals surface area contributed by atoms with Crippen LogP contribution < -0.4 is 5.32 Å². The molecule has 124 valence electrons. The summed E-state index contributed by atoms with van der Waals surface area (Å²) in [5.41, 5.74) is -3.14. The second-order valence-corrected chi connectivity index (χ2v) is 8.26. The van der Waals surface area contributed by atoms with Crippen molar-refractivity contribution in [3.63, 3.8) is 0 Å². The molecule has 0 spiro atoms. The van der Waals surface area contributed by atoms with Gasteiger partial charge in [0.2, 0.25) is 0 Å². The molecule has 3 aliphatic rings. The van der Waals surface area contributed by atoms with Crippen LogP contribution >= 0.6 is 11.8 Å². The van der Waals surface area contributed by atoms with Crippen LogP contribution in [-0.4, -0.2) is 38.7 Å². The van der Waals surface area contributed by atoms with Crippen molar-refractivity contribution in [3.8, 4) is 0 Å². The van der Waals surface area contributed by atoms with Crippen molar-refractivity contribution < 1.29 is 23.1 Å². The normalized spacial score (nSPS) is 40.7. The molecular formula is C14H19F3N2O2S. The van der Waals surface area contributed by atoms with Crippen LogP contribution in [0.15, 0.2) is 4.99 Å². The average Bonchev–Trinajstić information content (AvgIpc) is 3.04. The van der Waals surface area contributed by atoms with E-state index in [0.717, 1.165) is 26.2 Å². The van der Waals surface area contributed by atoms with Crippen molar-refractivity contribution in [2.24, 2.45) is 16.8 Å². The Kier molecular flexibility index (Phi) is 3.56. The molecule has 22 heavy (non-hydrogen) atoms. The van der Waals surface area contributed by atoms with Crippen molar-refractivity contribution >= 4 is 22.8 Å². The smallest absolute Gasteiger partial charge is 0.379 e. The predicted molar refractivity (Wildman–Crippen MR) is 77.5 cm³/mol. The topological polar surface area (TPSA) is 61.7 Å². The highest BCUT2D eigenvalue weighted by Gasteiger charge is 2.67. The van der Waals surface area contributed by atoms with E-state index in [0.29, 0.717) is 30.5 Å². The molecule has 2 N–H and O–H groups in total. The van der Waals surface area contributed by atoms with Gasteiger partial charge < -0.3 is 10.4 Å². The minimum Gasteiger partial charge on any atom is -0.379 e. The fourth-order valence-electron chi connectivity index (χ4n) is 3.68. The Labute approximate surface area is 130 Å². The first kappa shape index (κ1) is 16.1. The van der Waals surface area contributed by atoms with Gasteiger partial charge in [0, 0.05) is 6.04 Å². The zero-order valence-electron chi connectivity index (χ0n) is 12.4. The van der Waals surface area contributed by atoms with Gasteiger partial charge >= 0.3 is 6.18 Å². The molecule has 5 atom stereocenters. The number of halogens is 3. The van der Waals surface area contributed by atoms with Crippen molar-refractivity contribution in [3.05, 3.63) is 0 Å². The van der Waals surface area contributed by atoms with Crippen molar-refractivity contribution in [1.29, 1.82) is 0 Å². The van der Waals surface area contributed by atoms with E-state index in [1.165, 1.54) is 6.42 Å². The van der Waals surface area contributed by atoms with Crippen molar-refractivity contribution in [2.75, 3.05) is 0 Å². The number of carbonyl (C=O) groups is 1. The molecule has 2 saturated carbocycles. The quantitative estimate of drug-likeness (QED) is 0.813. The third-order valence-electron chi connectivity index (χ3n) is 5.44. The number of hydrogen-bond acceptors (Lipinski definition) is 4. The molecule has 0 aromatic rings. The Hall–Kier alpha value is -0.760. The number of fused-ring (bicyclic) bond motifs is 2. The summed E-state index contributed by atoms with van der Waals surface area (Å²) >= 11 is 0.688. The maximum absolute atomic E-state index is 13.1. The summed E-state index contributed by atoms with van der Waals surface area (Å²) < 4.78 is 37.2. The van der Waals surface area contributed by atoms with Crippen molar-refractivity contribution in [2.45, 2.75) is 62.1 Å². The molecule has 4 nitrogen and oxygen atoms in total. The van der Waals surface area contributed by atoms with Gasteiger partial charge in [0.05, 0.1) is 0 Å². The molecule has 0 radical (unpaired) electrons. The van der Waals surface area contributed by atoms with Gasteiger partial charge in [-0.2, -0.15) is 18.2 Å². The number of aliphatic hydroxyl groups is 1. The molecule has 1 aliphatic heterocycles. The molecule has 1 amide bonds. The highest BCUT2D eigenvalue weighted by Crippen LogP contribution is 2.50. The van der Waals surface area contributed by atoms with E-state index in [2.05, 4.69) is 10.3 Å². The standard InChI is InChI=1S/C14H19F3N2O2S/c1-12(13(2,21)14(15,16)17)10(20)19-11(22-12)18-9-6-7-3-4-8(9)5-7/h7-9,21H,3-6H2,1-2H3,(H,18,19,20)/t7-,8+,9+,12?,13?/m1/s1. The van der Waals surface area contributed by atoms with Gasteiger partial charge in [0.1, 0.15) is 4.75 Å². The summed E-state index contributed by atoms with van der Waals surface area (Å²) in [7, 11) is 0. The Morgan fingerprint density at radius 2 is 2.05 bits per heavy atom. The highest BCUT2D eigenvalue weighted by molar-refractivity contribution is 8.16. The number of nitrogens with one attached hydrogen (secondary N) is 1. The van der Waals surface area contributed by atoms with Gasteiger partial charge in [-0.1, -0.05) is 18.2 Å². The van der Waals surface area contributed by atoms with E-state index >= 15 is 0 Å². The SMILES string of the molecule is CC1(C(C)(O)C(F)(F)F)SC(N[C@H]2C[C@@H]3CC[C@H]2C3)=NC1=O.